The molecule has 1 aromatic heterocycles. The predicted octanol–water partition coefficient (Wildman–Crippen LogP) is 0.330. The highest BCUT2D eigenvalue weighted by atomic mass is 32.2. The van der Waals surface area contributed by atoms with E-state index < -0.39 is 16.0 Å². The Labute approximate surface area is 87.1 Å². The highest BCUT2D eigenvalue weighted by molar-refractivity contribution is 7.89. The van der Waals surface area contributed by atoms with Crippen LogP contribution >= 0.6 is 0 Å². The van der Waals surface area contributed by atoms with Crippen LogP contribution in [0, 0.1) is 13.8 Å². The van der Waals surface area contributed by atoms with E-state index in [2.05, 4.69) is 4.74 Å². The predicted molar refractivity (Wildman–Crippen MR) is 50.9 cm³/mol. The first-order chi connectivity index (χ1) is 6.79. The summed E-state index contributed by atoms with van der Waals surface area (Å²) in [7, 11) is -2.87. The number of carbonyl (C=O) groups is 1. The highest BCUT2D eigenvalue weighted by Gasteiger charge is 2.28. The van der Waals surface area contributed by atoms with Crippen molar-refractivity contribution >= 4 is 16.0 Å². The number of methoxy groups -OCH3 is 1. The van der Waals surface area contributed by atoms with Crippen molar-refractivity contribution in [1.82, 2.24) is 0 Å². The van der Waals surface area contributed by atoms with E-state index in [0.29, 0.717) is 11.3 Å². The van der Waals surface area contributed by atoms with E-state index in [9.17, 15) is 13.2 Å². The maximum atomic E-state index is 11.2. The molecule has 2 N–H and O–H groups in total. The van der Waals surface area contributed by atoms with Gasteiger partial charge in [-0.1, -0.05) is 0 Å². The molecular weight excluding hydrogens is 222 g/mol. The van der Waals surface area contributed by atoms with Gasteiger partial charge in [0.2, 0.25) is 15.8 Å². The average Bonchev–Trinajstić information content (AvgIpc) is 2.41. The number of hydrogen-bond acceptors (Lipinski definition) is 5. The molecule has 0 fully saturated rings. The van der Waals surface area contributed by atoms with Gasteiger partial charge in [0.15, 0.2) is 0 Å². The van der Waals surface area contributed by atoms with E-state index in [0.717, 1.165) is 7.11 Å². The molecule has 0 aliphatic carbocycles. The van der Waals surface area contributed by atoms with Crippen LogP contribution in [0.3, 0.4) is 0 Å². The summed E-state index contributed by atoms with van der Waals surface area (Å²) in [6.45, 7) is 3.04. The number of primary sulfonamides is 1. The van der Waals surface area contributed by atoms with Gasteiger partial charge in [-0.3, -0.25) is 0 Å². The van der Waals surface area contributed by atoms with E-state index in [1.54, 1.807) is 0 Å². The van der Waals surface area contributed by atoms with E-state index in [-0.39, 0.29) is 10.7 Å². The van der Waals surface area contributed by atoms with Crippen molar-refractivity contribution < 1.29 is 22.4 Å². The molecule has 0 amide bonds. The van der Waals surface area contributed by atoms with Crippen molar-refractivity contribution in [3.05, 3.63) is 17.1 Å². The number of aryl methyl sites for hydroxylation is 1. The van der Waals surface area contributed by atoms with Gasteiger partial charge in [-0.25, -0.2) is 18.4 Å². The number of hydrogen-bond donors (Lipinski definition) is 1. The summed E-state index contributed by atoms with van der Waals surface area (Å²) < 4.78 is 31.8. The molecule has 0 atom stereocenters. The van der Waals surface area contributed by atoms with Gasteiger partial charge >= 0.3 is 5.97 Å². The second-order valence-electron chi connectivity index (χ2n) is 2.98. The summed E-state index contributed by atoms with van der Waals surface area (Å²) in [5.41, 5.74) is 0.318. The third-order valence-electron chi connectivity index (χ3n) is 1.99. The number of esters is 1. The highest BCUT2D eigenvalue weighted by Crippen LogP contribution is 2.25. The molecule has 0 saturated heterocycles. The molecule has 7 heteroatoms. The van der Waals surface area contributed by atoms with E-state index >= 15 is 0 Å². The fraction of sp³-hybridized carbons (Fsp3) is 0.375. The molecule has 0 radical (unpaired) electrons. The lowest BCUT2D eigenvalue weighted by atomic mass is 10.3. The molecule has 0 aliphatic heterocycles. The molecule has 0 unspecified atom stereocenters. The summed E-state index contributed by atoms with van der Waals surface area (Å²) in [5, 5.41) is 4.97. The zero-order valence-corrected chi connectivity index (χ0v) is 9.34. The lowest BCUT2D eigenvalue weighted by Gasteiger charge is -1.98. The zero-order chi connectivity index (χ0) is 11.8. The van der Waals surface area contributed by atoms with Gasteiger partial charge < -0.3 is 9.15 Å². The van der Waals surface area contributed by atoms with E-state index in [1.165, 1.54) is 13.8 Å². The summed E-state index contributed by atoms with van der Waals surface area (Å²) in [6.07, 6.45) is 0. The molecule has 0 aliphatic rings. The lowest BCUT2D eigenvalue weighted by Crippen LogP contribution is -2.16. The van der Waals surface area contributed by atoms with E-state index in [1.807, 2.05) is 0 Å². The fourth-order valence-corrected chi connectivity index (χ4v) is 2.13. The number of nitrogens with two attached hydrogens (primary N) is 1. The Morgan fingerprint density at radius 1 is 1.40 bits per heavy atom. The number of ether oxygens (including phenoxy) is 1. The first kappa shape index (κ1) is 11.7. The Bertz CT molecular complexity index is 499. The van der Waals surface area contributed by atoms with Gasteiger partial charge in [-0.2, -0.15) is 0 Å². The molecule has 84 valence electrons. The number of sulfonamides is 1. The third kappa shape index (κ3) is 2.02. The van der Waals surface area contributed by atoms with Crippen molar-refractivity contribution in [2.75, 3.05) is 7.11 Å². The molecule has 6 nitrogen and oxygen atoms in total. The van der Waals surface area contributed by atoms with Crippen molar-refractivity contribution in [3.63, 3.8) is 0 Å². The Morgan fingerprint density at radius 3 is 2.33 bits per heavy atom. The molecular formula is C8H11NO5S. The normalized spacial score (nSPS) is 11.5. The van der Waals surface area contributed by atoms with Crippen LogP contribution < -0.4 is 5.14 Å². The standard InChI is InChI=1S/C8H11NO5S/c1-4-5(2)14-6(8(10)13-3)7(4)15(9,11)12/h1-3H3,(H2,9,11,12). The second-order valence-corrected chi connectivity index (χ2v) is 4.48. The van der Waals surface area contributed by atoms with Gasteiger partial charge in [0.25, 0.3) is 0 Å². The maximum absolute atomic E-state index is 11.2. The van der Waals surface area contributed by atoms with Crippen LogP contribution in [-0.2, 0) is 14.8 Å². The van der Waals surface area contributed by atoms with Gasteiger partial charge in [0.1, 0.15) is 10.7 Å². The Kier molecular flexibility index (Phi) is 2.87. The topological polar surface area (TPSA) is 99.6 Å². The SMILES string of the molecule is COC(=O)c1oc(C)c(C)c1S(N)(=O)=O. The second kappa shape index (κ2) is 3.67. The smallest absolute Gasteiger partial charge is 0.375 e. The van der Waals surface area contributed by atoms with Crippen LogP contribution in [-0.4, -0.2) is 21.5 Å². The maximum Gasteiger partial charge on any atom is 0.375 e. The molecule has 1 rings (SSSR count). The van der Waals surface area contributed by atoms with Crippen LogP contribution in [0.5, 0.6) is 0 Å². The van der Waals surface area contributed by atoms with Crippen molar-refractivity contribution in [1.29, 1.82) is 0 Å². The van der Waals surface area contributed by atoms with Crippen LogP contribution in [0.4, 0.5) is 0 Å². The van der Waals surface area contributed by atoms with Gasteiger partial charge in [0.05, 0.1) is 7.11 Å². The Balaban J connectivity index is 3.55. The summed E-state index contributed by atoms with van der Waals surface area (Å²) in [6, 6.07) is 0. The van der Waals surface area contributed by atoms with Gasteiger partial charge in [0, 0.05) is 5.56 Å². The van der Waals surface area contributed by atoms with Gasteiger partial charge in [-0.15, -0.1) is 0 Å². The third-order valence-corrected chi connectivity index (χ3v) is 3.05. The fourth-order valence-electron chi connectivity index (χ4n) is 1.18. The average molecular weight is 233 g/mol. The summed E-state index contributed by atoms with van der Waals surface area (Å²) >= 11 is 0. The lowest BCUT2D eigenvalue weighted by molar-refractivity contribution is 0.0557. The quantitative estimate of drug-likeness (QED) is 0.742. The molecule has 0 bridgehead atoms. The zero-order valence-electron chi connectivity index (χ0n) is 8.53. The number of furan rings is 1. The summed E-state index contributed by atoms with van der Waals surface area (Å²) in [4.78, 5) is 10.9. The monoisotopic (exact) mass is 233 g/mol. The number of rotatable bonds is 2. The minimum absolute atomic E-state index is 0.313. The Morgan fingerprint density at radius 2 is 1.93 bits per heavy atom. The Hall–Kier alpha value is -1.34. The van der Waals surface area contributed by atoms with Crippen molar-refractivity contribution in [3.8, 4) is 0 Å². The molecule has 0 aromatic carbocycles. The first-order valence-electron chi connectivity index (χ1n) is 4.00. The largest absolute Gasteiger partial charge is 0.463 e. The van der Waals surface area contributed by atoms with E-state index in [4.69, 9.17) is 9.56 Å². The minimum Gasteiger partial charge on any atom is -0.463 e. The molecule has 0 saturated carbocycles. The molecule has 15 heavy (non-hydrogen) atoms. The molecule has 1 heterocycles. The number of carbonyl (C=O) groups excluding carboxylic acids is 1. The van der Waals surface area contributed by atoms with Gasteiger partial charge in [-0.05, 0) is 13.8 Å². The van der Waals surface area contributed by atoms with Crippen molar-refractivity contribution in [2.24, 2.45) is 5.14 Å². The summed E-state index contributed by atoms with van der Waals surface area (Å²) in [5.74, 6) is -0.926. The van der Waals surface area contributed by atoms with Crippen molar-refractivity contribution in [2.45, 2.75) is 18.7 Å². The molecule has 0 spiro atoms. The van der Waals surface area contributed by atoms with Crippen LogP contribution in [0.1, 0.15) is 21.9 Å². The minimum atomic E-state index is -3.99. The van der Waals surface area contributed by atoms with Crippen LogP contribution in [0.2, 0.25) is 0 Å². The van der Waals surface area contributed by atoms with Crippen LogP contribution in [0.15, 0.2) is 9.31 Å². The van der Waals surface area contributed by atoms with Crippen LogP contribution in [0.25, 0.3) is 0 Å². The molecule has 1 aromatic rings. The first-order valence-corrected chi connectivity index (χ1v) is 5.54.